The molecule has 1 N–H and O–H groups in total. The molecule has 1 aliphatic heterocycles. The van der Waals surface area contributed by atoms with Crippen molar-refractivity contribution in [2.45, 2.75) is 6.10 Å². The molecule has 21 heavy (non-hydrogen) atoms. The van der Waals surface area contributed by atoms with Gasteiger partial charge in [-0.1, -0.05) is 0 Å². The van der Waals surface area contributed by atoms with E-state index in [4.69, 9.17) is 4.74 Å². The molecule has 1 aliphatic rings. The maximum atomic E-state index is 12.3. The first-order valence-electron chi connectivity index (χ1n) is 6.33. The lowest BCUT2D eigenvalue weighted by Gasteiger charge is -2.31. The van der Waals surface area contributed by atoms with Crippen molar-refractivity contribution in [2.75, 3.05) is 19.7 Å². The van der Waals surface area contributed by atoms with Gasteiger partial charge in [0.2, 0.25) is 5.82 Å². The normalized spacial score (nSPS) is 18.7. The summed E-state index contributed by atoms with van der Waals surface area (Å²) in [5, 5.41) is 11.7. The number of hydrogen-bond donors (Lipinski definition) is 1. The van der Waals surface area contributed by atoms with E-state index in [9.17, 15) is 9.59 Å². The summed E-state index contributed by atoms with van der Waals surface area (Å²) in [6, 6.07) is 0. The van der Waals surface area contributed by atoms with E-state index in [-0.39, 0.29) is 17.2 Å². The Morgan fingerprint density at radius 2 is 2.38 bits per heavy atom. The Hall–Kier alpha value is -2.62. The van der Waals surface area contributed by atoms with E-state index in [1.165, 1.54) is 11.0 Å². The number of aromatic nitrogens is 6. The molecule has 1 fully saturated rings. The van der Waals surface area contributed by atoms with Crippen LogP contribution in [-0.2, 0) is 11.8 Å². The van der Waals surface area contributed by atoms with Crippen molar-refractivity contribution in [2.24, 2.45) is 7.05 Å². The minimum atomic E-state index is -0.417. The number of ether oxygens (including phenoxy) is 1. The van der Waals surface area contributed by atoms with E-state index in [0.29, 0.717) is 25.5 Å². The molecule has 1 amide bonds. The molecule has 0 bridgehead atoms. The van der Waals surface area contributed by atoms with Crippen LogP contribution in [0.4, 0.5) is 0 Å². The Labute approximate surface area is 118 Å². The third-order valence-corrected chi connectivity index (χ3v) is 3.06. The van der Waals surface area contributed by atoms with Gasteiger partial charge in [-0.2, -0.15) is 4.80 Å². The van der Waals surface area contributed by atoms with Crippen LogP contribution in [0.2, 0.25) is 0 Å². The molecule has 3 heterocycles. The van der Waals surface area contributed by atoms with Crippen LogP contribution in [0.25, 0.3) is 0 Å². The Bertz CT molecular complexity index is 689. The fraction of sp³-hybridized carbons (Fsp3) is 0.455. The van der Waals surface area contributed by atoms with Gasteiger partial charge in [-0.25, -0.2) is 4.98 Å². The molecule has 10 nitrogen and oxygen atoms in total. The number of nitrogens with zero attached hydrogens (tertiary/aromatic N) is 6. The average Bonchev–Trinajstić information content (AvgIpc) is 2.94. The van der Waals surface area contributed by atoms with Crippen molar-refractivity contribution in [1.29, 1.82) is 0 Å². The Kier molecular flexibility index (Phi) is 3.44. The molecule has 0 spiro atoms. The zero-order valence-electron chi connectivity index (χ0n) is 11.3. The van der Waals surface area contributed by atoms with E-state index in [2.05, 4.69) is 25.4 Å². The van der Waals surface area contributed by atoms with Crippen LogP contribution >= 0.6 is 0 Å². The van der Waals surface area contributed by atoms with Gasteiger partial charge in [0.1, 0.15) is 11.8 Å². The lowest BCUT2D eigenvalue weighted by Crippen LogP contribution is -2.43. The number of aromatic amines is 1. The van der Waals surface area contributed by atoms with Gasteiger partial charge < -0.3 is 14.6 Å². The number of nitrogens with one attached hydrogen (secondary N) is 1. The van der Waals surface area contributed by atoms with Crippen molar-refractivity contribution in [1.82, 2.24) is 35.1 Å². The van der Waals surface area contributed by atoms with Gasteiger partial charge in [0.05, 0.1) is 26.4 Å². The maximum Gasteiger partial charge on any atom is 0.274 e. The fourth-order valence-electron chi connectivity index (χ4n) is 2.04. The summed E-state index contributed by atoms with van der Waals surface area (Å²) >= 11 is 0. The largest absolute Gasteiger partial charge is 0.366 e. The number of tetrazole rings is 1. The second-order valence-electron chi connectivity index (χ2n) is 4.54. The molecule has 110 valence electrons. The van der Waals surface area contributed by atoms with Gasteiger partial charge >= 0.3 is 0 Å². The number of aryl methyl sites for hydroxylation is 1. The molecule has 3 rings (SSSR count). The minimum absolute atomic E-state index is 0.183. The highest BCUT2D eigenvalue weighted by atomic mass is 16.5. The van der Waals surface area contributed by atoms with Gasteiger partial charge in [0.15, 0.2) is 0 Å². The molecule has 0 saturated carbocycles. The number of rotatable bonds is 2. The molecule has 1 unspecified atom stereocenters. The van der Waals surface area contributed by atoms with Crippen LogP contribution in [0.1, 0.15) is 22.4 Å². The van der Waals surface area contributed by atoms with Crippen LogP contribution in [0.3, 0.4) is 0 Å². The lowest BCUT2D eigenvalue weighted by atomic mass is 10.2. The topological polar surface area (TPSA) is 119 Å². The summed E-state index contributed by atoms with van der Waals surface area (Å²) in [5.41, 5.74) is -0.169. The van der Waals surface area contributed by atoms with E-state index in [1.54, 1.807) is 11.9 Å². The first-order chi connectivity index (χ1) is 10.1. The highest BCUT2D eigenvalue weighted by Crippen LogP contribution is 2.19. The molecule has 1 atom stereocenters. The molecule has 0 radical (unpaired) electrons. The molecule has 0 aromatic carbocycles. The molecule has 2 aromatic rings. The van der Waals surface area contributed by atoms with E-state index < -0.39 is 6.10 Å². The third kappa shape index (κ3) is 2.79. The van der Waals surface area contributed by atoms with Crippen LogP contribution in [0.5, 0.6) is 0 Å². The number of morpholine rings is 1. The Morgan fingerprint density at radius 3 is 3.05 bits per heavy atom. The fourth-order valence-corrected chi connectivity index (χ4v) is 2.04. The first kappa shape index (κ1) is 13.4. The molecular formula is C11H13N7O3. The van der Waals surface area contributed by atoms with Crippen molar-refractivity contribution in [3.05, 3.63) is 34.3 Å². The highest BCUT2D eigenvalue weighted by Gasteiger charge is 2.29. The predicted molar refractivity (Wildman–Crippen MR) is 68.3 cm³/mol. The van der Waals surface area contributed by atoms with Crippen LogP contribution < -0.4 is 5.56 Å². The smallest absolute Gasteiger partial charge is 0.274 e. The van der Waals surface area contributed by atoms with Crippen LogP contribution in [0.15, 0.2) is 17.2 Å². The summed E-state index contributed by atoms with van der Waals surface area (Å²) < 4.78 is 5.56. The third-order valence-electron chi connectivity index (χ3n) is 3.06. The summed E-state index contributed by atoms with van der Waals surface area (Å²) in [6.45, 7) is 1.12. The minimum Gasteiger partial charge on any atom is -0.366 e. The second kappa shape index (κ2) is 5.40. The van der Waals surface area contributed by atoms with Crippen molar-refractivity contribution < 1.29 is 9.53 Å². The number of carbonyl (C=O) groups is 1. The zero-order chi connectivity index (χ0) is 14.8. The van der Waals surface area contributed by atoms with Gasteiger partial charge in [0, 0.05) is 12.7 Å². The van der Waals surface area contributed by atoms with Crippen LogP contribution in [0, 0.1) is 0 Å². The quantitative estimate of drug-likeness (QED) is 0.715. The van der Waals surface area contributed by atoms with E-state index >= 15 is 0 Å². The second-order valence-corrected chi connectivity index (χ2v) is 4.54. The SMILES string of the molecule is Cn1nnc(C2CN(C(=O)c3c[nH]c(=O)cn3)CCO2)n1. The summed E-state index contributed by atoms with van der Waals surface area (Å²) in [7, 11) is 1.66. The molecule has 1 saturated heterocycles. The lowest BCUT2D eigenvalue weighted by molar-refractivity contribution is -0.0271. The average molecular weight is 291 g/mol. The Morgan fingerprint density at radius 1 is 1.52 bits per heavy atom. The zero-order valence-corrected chi connectivity index (χ0v) is 11.3. The first-order valence-corrected chi connectivity index (χ1v) is 6.33. The Balaban J connectivity index is 1.75. The predicted octanol–water partition coefficient (Wildman–Crippen LogP) is -1.49. The molecule has 10 heteroatoms. The number of carbonyl (C=O) groups excluding carboxylic acids is 1. The standard InChI is InChI=1S/C11H13N7O3/c1-17-15-10(14-16-17)8-6-18(2-3-21-8)11(20)7-4-13-9(19)5-12-7/h4-5,8H,2-3,6H2,1H3,(H,13,19). The van der Waals surface area contributed by atoms with Crippen molar-refractivity contribution in [3.63, 3.8) is 0 Å². The van der Waals surface area contributed by atoms with E-state index in [1.807, 2.05) is 0 Å². The number of H-pyrrole nitrogens is 1. The number of hydrogen-bond acceptors (Lipinski definition) is 7. The maximum absolute atomic E-state index is 12.3. The van der Waals surface area contributed by atoms with Crippen molar-refractivity contribution in [3.8, 4) is 0 Å². The highest BCUT2D eigenvalue weighted by molar-refractivity contribution is 5.92. The van der Waals surface area contributed by atoms with Gasteiger partial charge in [-0.3, -0.25) is 9.59 Å². The number of amides is 1. The van der Waals surface area contributed by atoms with Gasteiger partial charge in [-0.05, 0) is 5.21 Å². The molecular weight excluding hydrogens is 278 g/mol. The summed E-state index contributed by atoms with van der Waals surface area (Å²) in [6.07, 6.45) is 1.96. The van der Waals surface area contributed by atoms with Gasteiger partial charge in [0.25, 0.3) is 11.5 Å². The summed E-state index contributed by atoms with van der Waals surface area (Å²) in [5.74, 6) is 0.160. The van der Waals surface area contributed by atoms with Gasteiger partial charge in [-0.15, -0.1) is 10.2 Å². The molecule has 0 aliphatic carbocycles. The van der Waals surface area contributed by atoms with Crippen LogP contribution in [-0.4, -0.2) is 60.7 Å². The van der Waals surface area contributed by atoms with E-state index in [0.717, 1.165) is 6.20 Å². The summed E-state index contributed by atoms with van der Waals surface area (Å²) in [4.78, 5) is 32.5. The molecule has 2 aromatic heterocycles. The monoisotopic (exact) mass is 291 g/mol. The van der Waals surface area contributed by atoms with Crippen molar-refractivity contribution >= 4 is 5.91 Å².